The van der Waals surface area contributed by atoms with Crippen molar-refractivity contribution >= 4 is 11.6 Å². The molecule has 1 aliphatic carbocycles. The molecule has 0 unspecified atom stereocenters. The Bertz CT molecular complexity index is 467. The van der Waals surface area contributed by atoms with E-state index in [1.165, 1.54) is 19.6 Å². The molecule has 3 nitrogen and oxygen atoms in total. The first-order valence-electron chi connectivity index (χ1n) is 6.77. The minimum atomic E-state index is -0.334. The molecule has 0 saturated heterocycles. The number of ether oxygens (including phenoxy) is 1. The fraction of sp³-hybridized carbons (Fsp3) is 0.533. The van der Waals surface area contributed by atoms with Gasteiger partial charge in [-0.05, 0) is 31.4 Å². The summed E-state index contributed by atoms with van der Waals surface area (Å²) < 4.78 is 18.8. The lowest BCUT2D eigenvalue weighted by molar-refractivity contribution is -0.120. The first kappa shape index (κ1) is 13.8. The van der Waals surface area contributed by atoms with Gasteiger partial charge in [0.1, 0.15) is 11.6 Å². The summed E-state index contributed by atoms with van der Waals surface area (Å²) in [5.74, 6) is 0.187. The second-order valence-corrected chi connectivity index (χ2v) is 5.13. The SMILES string of the molecule is COc1cc(C)c(F)cc1NC(=O)C1CCCCC1. The van der Waals surface area contributed by atoms with Crippen LogP contribution in [0.2, 0.25) is 0 Å². The highest BCUT2D eigenvalue weighted by atomic mass is 19.1. The van der Waals surface area contributed by atoms with E-state index >= 15 is 0 Å². The van der Waals surface area contributed by atoms with Crippen LogP contribution in [-0.4, -0.2) is 13.0 Å². The van der Waals surface area contributed by atoms with Gasteiger partial charge in [-0.2, -0.15) is 0 Å². The molecular formula is C15H20FNO2. The van der Waals surface area contributed by atoms with Crippen LogP contribution in [0.1, 0.15) is 37.7 Å². The van der Waals surface area contributed by atoms with Crippen molar-refractivity contribution in [3.05, 3.63) is 23.5 Å². The van der Waals surface area contributed by atoms with Crippen LogP contribution in [0.4, 0.5) is 10.1 Å². The van der Waals surface area contributed by atoms with Crippen molar-refractivity contribution in [2.24, 2.45) is 5.92 Å². The zero-order valence-corrected chi connectivity index (χ0v) is 11.5. The lowest BCUT2D eigenvalue weighted by Gasteiger charge is -2.21. The molecule has 104 valence electrons. The van der Waals surface area contributed by atoms with Crippen molar-refractivity contribution in [1.82, 2.24) is 0 Å². The van der Waals surface area contributed by atoms with E-state index in [1.807, 2.05) is 0 Å². The fourth-order valence-corrected chi connectivity index (χ4v) is 2.52. The van der Waals surface area contributed by atoms with Crippen molar-refractivity contribution in [3.8, 4) is 5.75 Å². The number of carbonyl (C=O) groups excluding carboxylic acids is 1. The zero-order valence-electron chi connectivity index (χ0n) is 11.5. The second kappa shape index (κ2) is 6.04. The van der Waals surface area contributed by atoms with Crippen LogP contribution in [0.25, 0.3) is 0 Å². The number of carbonyl (C=O) groups is 1. The Hall–Kier alpha value is -1.58. The number of methoxy groups -OCH3 is 1. The van der Waals surface area contributed by atoms with Crippen LogP contribution < -0.4 is 10.1 Å². The van der Waals surface area contributed by atoms with Gasteiger partial charge in [0.2, 0.25) is 5.91 Å². The van der Waals surface area contributed by atoms with E-state index in [0.717, 1.165) is 25.7 Å². The molecule has 1 fully saturated rings. The van der Waals surface area contributed by atoms with Crippen molar-refractivity contribution in [3.63, 3.8) is 0 Å². The van der Waals surface area contributed by atoms with Gasteiger partial charge in [-0.15, -0.1) is 0 Å². The van der Waals surface area contributed by atoms with Crippen LogP contribution >= 0.6 is 0 Å². The Morgan fingerprint density at radius 3 is 2.63 bits per heavy atom. The van der Waals surface area contributed by atoms with Gasteiger partial charge in [0.05, 0.1) is 12.8 Å². The molecule has 1 saturated carbocycles. The summed E-state index contributed by atoms with van der Waals surface area (Å²) in [4.78, 5) is 12.1. The van der Waals surface area contributed by atoms with Crippen LogP contribution in [0.3, 0.4) is 0 Å². The molecule has 2 rings (SSSR count). The molecule has 0 heterocycles. The van der Waals surface area contributed by atoms with Gasteiger partial charge in [0.15, 0.2) is 0 Å². The fourth-order valence-electron chi connectivity index (χ4n) is 2.52. The Morgan fingerprint density at radius 2 is 2.00 bits per heavy atom. The number of amides is 1. The first-order valence-corrected chi connectivity index (χ1v) is 6.77. The van der Waals surface area contributed by atoms with Crippen LogP contribution in [0.15, 0.2) is 12.1 Å². The summed E-state index contributed by atoms with van der Waals surface area (Å²) in [5, 5.41) is 2.80. The molecule has 1 amide bonds. The molecular weight excluding hydrogens is 245 g/mol. The number of anilines is 1. The third kappa shape index (κ3) is 3.25. The average molecular weight is 265 g/mol. The Kier molecular flexibility index (Phi) is 4.40. The quantitative estimate of drug-likeness (QED) is 0.905. The average Bonchev–Trinajstić information content (AvgIpc) is 2.43. The Morgan fingerprint density at radius 1 is 1.32 bits per heavy atom. The Balaban J connectivity index is 2.13. The minimum Gasteiger partial charge on any atom is -0.495 e. The van der Waals surface area contributed by atoms with Crippen LogP contribution in [0.5, 0.6) is 5.75 Å². The molecule has 0 atom stereocenters. The number of nitrogens with one attached hydrogen (secondary N) is 1. The molecule has 0 radical (unpaired) electrons. The highest BCUT2D eigenvalue weighted by Gasteiger charge is 2.22. The molecule has 4 heteroatoms. The van der Waals surface area contributed by atoms with E-state index < -0.39 is 0 Å². The highest BCUT2D eigenvalue weighted by Crippen LogP contribution is 2.30. The van der Waals surface area contributed by atoms with Gasteiger partial charge >= 0.3 is 0 Å². The summed E-state index contributed by atoms with van der Waals surface area (Å²) in [6, 6.07) is 2.93. The second-order valence-electron chi connectivity index (χ2n) is 5.13. The number of halogens is 1. The largest absolute Gasteiger partial charge is 0.495 e. The van der Waals surface area contributed by atoms with E-state index in [-0.39, 0.29) is 17.6 Å². The lowest BCUT2D eigenvalue weighted by atomic mass is 9.88. The molecule has 0 bridgehead atoms. The predicted molar refractivity (Wildman–Crippen MR) is 72.9 cm³/mol. The smallest absolute Gasteiger partial charge is 0.227 e. The maximum atomic E-state index is 13.6. The van der Waals surface area contributed by atoms with Crippen molar-refractivity contribution in [2.45, 2.75) is 39.0 Å². The molecule has 1 aromatic carbocycles. The van der Waals surface area contributed by atoms with E-state index in [0.29, 0.717) is 17.0 Å². The summed E-state index contributed by atoms with van der Waals surface area (Å²) in [7, 11) is 1.52. The standard InChI is InChI=1S/C15H20FNO2/c1-10-8-14(19-2)13(9-12(10)16)17-15(18)11-6-4-3-5-7-11/h8-9,11H,3-7H2,1-2H3,(H,17,18). The minimum absolute atomic E-state index is 0.0266. The molecule has 0 aromatic heterocycles. The third-order valence-corrected chi connectivity index (χ3v) is 3.71. The van der Waals surface area contributed by atoms with E-state index in [4.69, 9.17) is 4.74 Å². The summed E-state index contributed by atoms with van der Waals surface area (Å²) in [6.07, 6.45) is 5.23. The number of rotatable bonds is 3. The number of aryl methyl sites for hydroxylation is 1. The van der Waals surface area contributed by atoms with E-state index in [1.54, 1.807) is 13.0 Å². The van der Waals surface area contributed by atoms with Crippen LogP contribution in [0, 0.1) is 18.7 Å². The maximum Gasteiger partial charge on any atom is 0.227 e. The summed E-state index contributed by atoms with van der Waals surface area (Å²) >= 11 is 0. The normalized spacial score (nSPS) is 16.2. The molecule has 1 aliphatic rings. The van der Waals surface area contributed by atoms with Gasteiger partial charge < -0.3 is 10.1 Å². The molecule has 1 N–H and O–H groups in total. The van der Waals surface area contributed by atoms with Crippen molar-refractivity contribution < 1.29 is 13.9 Å². The summed E-state index contributed by atoms with van der Waals surface area (Å²) in [6.45, 7) is 1.67. The monoisotopic (exact) mass is 265 g/mol. The molecule has 0 spiro atoms. The van der Waals surface area contributed by atoms with Crippen molar-refractivity contribution in [2.75, 3.05) is 12.4 Å². The molecule has 0 aliphatic heterocycles. The summed E-state index contributed by atoms with van der Waals surface area (Å²) in [5.41, 5.74) is 0.925. The molecule has 1 aromatic rings. The number of hydrogen-bond acceptors (Lipinski definition) is 2. The Labute approximate surface area is 113 Å². The van der Waals surface area contributed by atoms with E-state index in [2.05, 4.69) is 5.32 Å². The van der Waals surface area contributed by atoms with Crippen LogP contribution in [-0.2, 0) is 4.79 Å². The highest BCUT2D eigenvalue weighted by molar-refractivity contribution is 5.94. The maximum absolute atomic E-state index is 13.6. The van der Waals surface area contributed by atoms with Crippen molar-refractivity contribution in [1.29, 1.82) is 0 Å². The van der Waals surface area contributed by atoms with Gasteiger partial charge in [-0.25, -0.2) is 4.39 Å². The number of hydrogen-bond donors (Lipinski definition) is 1. The van der Waals surface area contributed by atoms with Gasteiger partial charge in [-0.1, -0.05) is 19.3 Å². The lowest BCUT2D eigenvalue weighted by Crippen LogP contribution is -2.25. The van der Waals surface area contributed by atoms with Gasteiger partial charge in [-0.3, -0.25) is 4.79 Å². The zero-order chi connectivity index (χ0) is 13.8. The van der Waals surface area contributed by atoms with E-state index in [9.17, 15) is 9.18 Å². The third-order valence-electron chi connectivity index (χ3n) is 3.71. The predicted octanol–water partition coefficient (Wildman–Crippen LogP) is 3.66. The topological polar surface area (TPSA) is 38.3 Å². The molecule has 19 heavy (non-hydrogen) atoms. The van der Waals surface area contributed by atoms with Gasteiger partial charge in [0, 0.05) is 12.0 Å². The van der Waals surface area contributed by atoms with Gasteiger partial charge in [0.25, 0.3) is 0 Å². The number of benzene rings is 1. The first-order chi connectivity index (χ1) is 9.11.